The summed E-state index contributed by atoms with van der Waals surface area (Å²) in [6.07, 6.45) is 0.333. The molecule has 4 heteroatoms. The second-order valence-electron chi connectivity index (χ2n) is 5.91. The number of benzene rings is 1. The minimum Gasteiger partial charge on any atom is -0.339 e. The number of aryl methyl sites for hydroxylation is 1. The molecule has 0 radical (unpaired) electrons. The highest BCUT2D eigenvalue weighted by Gasteiger charge is 2.37. The number of carbonyl (C=O) groups is 2. The zero-order valence-electron chi connectivity index (χ0n) is 13.3. The van der Waals surface area contributed by atoms with E-state index in [2.05, 4.69) is 0 Å². The van der Waals surface area contributed by atoms with Crippen molar-refractivity contribution in [3.8, 4) is 0 Å². The fourth-order valence-electron chi connectivity index (χ4n) is 2.93. The van der Waals surface area contributed by atoms with E-state index in [1.165, 1.54) is 0 Å². The fraction of sp³-hybridized carbons (Fsp3) is 0.529. The highest BCUT2D eigenvalue weighted by molar-refractivity contribution is 5.99. The van der Waals surface area contributed by atoms with E-state index < -0.39 is 0 Å². The number of anilines is 1. The Hall–Kier alpha value is -1.84. The first-order valence-corrected chi connectivity index (χ1v) is 7.62. The molecule has 1 aliphatic heterocycles. The van der Waals surface area contributed by atoms with Crippen molar-refractivity contribution in [2.45, 2.75) is 40.2 Å². The zero-order chi connectivity index (χ0) is 15.6. The van der Waals surface area contributed by atoms with Gasteiger partial charge in [0, 0.05) is 31.2 Å². The number of rotatable bonds is 4. The Bertz CT molecular complexity index is 539. The Labute approximate surface area is 126 Å². The molecular weight excluding hydrogens is 264 g/mol. The smallest absolute Gasteiger partial charge is 0.232 e. The molecule has 2 amide bonds. The van der Waals surface area contributed by atoms with E-state index >= 15 is 0 Å². The van der Waals surface area contributed by atoms with Gasteiger partial charge in [0.25, 0.3) is 0 Å². The third-order valence-corrected chi connectivity index (χ3v) is 4.12. The number of likely N-dealkylation sites (tertiary alicyclic amines) is 1. The minimum absolute atomic E-state index is 0.0586. The van der Waals surface area contributed by atoms with Gasteiger partial charge in [0.1, 0.15) is 0 Å². The molecule has 2 rings (SSSR count). The van der Waals surface area contributed by atoms with Crippen molar-refractivity contribution in [1.29, 1.82) is 0 Å². The molecular formula is C17H24N2O2. The van der Waals surface area contributed by atoms with Crippen LogP contribution < -0.4 is 4.90 Å². The van der Waals surface area contributed by atoms with Crippen molar-refractivity contribution in [2.24, 2.45) is 5.92 Å². The topological polar surface area (TPSA) is 40.6 Å². The molecule has 1 aromatic carbocycles. The van der Waals surface area contributed by atoms with Crippen LogP contribution in [-0.2, 0) is 9.59 Å². The number of para-hydroxylation sites is 1. The van der Waals surface area contributed by atoms with E-state index in [9.17, 15) is 9.59 Å². The number of hydrogen-bond acceptors (Lipinski definition) is 2. The van der Waals surface area contributed by atoms with Gasteiger partial charge < -0.3 is 9.80 Å². The Morgan fingerprint density at radius 3 is 2.57 bits per heavy atom. The molecule has 1 aliphatic rings. The lowest BCUT2D eigenvalue weighted by Crippen LogP contribution is -2.38. The van der Waals surface area contributed by atoms with Crippen LogP contribution in [0, 0.1) is 12.8 Å². The predicted molar refractivity (Wildman–Crippen MR) is 84.2 cm³/mol. The zero-order valence-corrected chi connectivity index (χ0v) is 13.3. The Morgan fingerprint density at radius 1 is 1.38 bits per heavy atom. The van der Waals surface area contributed by atoms with Crippen molar-refractivity contribution in [2.75, 3.05) is 18.0 Å². The molecule has 0 N–H and O–H groups in total. The lowest BCUT2D eigenvalue weighted by atomic mass is 10.1. The first kappa shape index (κ1) is 15.5. The molecule has 4 nitrogen and oxygen atoms in total. The van der Waals surface area contributed by atoms with E-state index in [1.807, 2.05) is 52.0 Å². The second-order valence-corrected chi connectivity index (χ2v) is 5.91. The number of nitrogens with zero attached hydrogens (tertiary/aromatic N) is 2. The van der Waals surface area contributed by atoms with Crippen molar-refractivity contribution >= 4 is 17.5 Å². The minimum atomic E-state index is -0.223. The van der Waals surface area contributed by atoms with E-state index in [1.54, 1.807) is 9.80 Å². The van der Waals surface area contributed by atoms with Gasteiger partial charge in [0.15, 0.2) is 0 Å². The van der Waals surface area contributed by atoms with Gasteiger partial charge in [-0.3, -0.25) is 9.59 Å². The summed E-state index contributed by atoms with van der Waals surface area (Å²) in [7, 11) is 0. The largest absolute Gasteiger partial charge is 0.339 e. The maximum absolute atomic E-state index is 12.8. The van der Waals surface area contributed by atoms with Gasteiger partial charge in [0.05, 0.1) is 5.92 Å². The first-order chi connectivity index (χ1) is 9.95. The molecule has 1 heterocycles. The average Bonchev–Trinajstić information content (AvgIpc) is 2.84. The molecule has 0 aromatic heterocycles. The quantitative estimate of drug-likeness (QED) is 0.854. The molecule has 0 saturated carbocycles. The van der Waals surface area contributed by atoms with Gasteiger partial charge in [-0.1, -0.05) is 18.2 Å². The standard InChI is InChI=1S/C17H24N2O2/c1-5-18(15-9-7-6-8-13(15)4)17(21)14-10-16(20)19(11-14)12(2)3/h6-9,12,14H,5,10-11H2,1-4H3/t14-/m0/s1. The summed E-state index contributed by atoms with van der Waals surface area (Å²) in [5.41, 5.74) is 2.03. The second kappa shape index (κ2) is 6.29. The number of hydrogen-bond donors (Lipinski definition) is 0. The molecule has 114 valence electrons. The third-order valence-electron chi connectivity index (χ3n) is 4.12. The summed E-state index contributed by atoms with van der Waals surface area (Å²) in [4.78, 5) is 28.4. The molecule has 0 aliphatic carbocycles. The summed E-state index contributed by atoms with van der Waals surface area (Å²) >= 11 is 0. The number of carbonyl (C=O) groups excluding carboxylic acids is 2. The van der Waals surface area contributed by atoms with Gasteiger partial charge in [-0.25, -0.2) is 0 Å². The van der Waals surface area contributed by atoms with Crippen molar-refractivity contribution in [1.82, 2.24) is 4.90 Å². The maximum atomic E-state index is 12.8. The molecule has 0 spiro atoms. The summed E-state index contributed by atoms with van der Waals surface area (Å²) in [6, 6.07) is 8.04. The third kappa shape index (κ3) is 3.09. The SMILES string of the molecule is CCN(C(=O)[C@H]1CC(=O)N(C(C)C)C1)c1ccccc1C. The van der Waals surface area contributed by atoms with E-state index in [4.69, 9.17) is 0 Å². The molecule has 1 atom stereocenters. The molecule has 0 unspecified atom stereocenters. The summed E-state index contributed by atoms with van der Waals surface area (Å²) in [5.74, 6) is -0.0769. The van der Waals surface area contributed by atoms with Crippen molar-refractivity contribution in [3.63, 3.8) is 0 Å². The summed E-state index contributed by atoms with van der Waals surface area (Å²) in [5, 5.41) is 0. The monoisotopic (exact) mass is 288 g/mol. The van der Waals surface area contributed by atoms with Crippen molar-refractivity contribution in [3.05, 3.63) is 29.8 Å². The van der Waals surface area contributed by atoms with Crippen LogP contribution in [-0.4, -0.2) is 35.8 Å². The van der Waals surface area contributed by atoms with E-state index in [0.717, 1.165) is 11.3 Å². The van der Waals surface area contributed by atoms with Gasteiger partial charge in [-0.15, -0.1) is 0 Å². The molecule has 1 aromatic rings. The molecule has 0 bridgehead atoms. The first-order valence-electron chi connectivity index (χ1n) is 7.62. The van der Waals surface area contributed by atoms with Gasteiger partial charge in [-0.05, 0) is 39.3 Å². The summed E-state index contributed by atoms with van der Waals surface area (Å²) < 4.78 is 0. The predicted octanol–water partition coefficient (Wildman–Crippen LogP) is 2.60. The van der Waals surface area contributed by atoms with Crippen LogP contribution in [0.3, 0.4) is 0 Å². The Morgan fingerprint density at radius 2 is 2.05 bits per heavy atom. The fourth-order valence-corrected chi connectivity index (χ4v) is 2.93. The molecule has 1 saturated heterocycles. The lowest BCUT2D eigenvalue weighted by molar-refractivity contribution is -0.129. The highest BCUT2D eigenvalue weighted by Crippen LogP contribution is 2.26. The summed E-state index contributed by atoms with van der Waals surface area (Å²) in [6.45, 7) is 9.12. The van der Waals surface area contributed by atoms with Crippen LogP contribution in [0.25, 0.3) is 0 Å². The average molecular weight is 288 g/mol. The van der Waals surface area contributed by atoms with Crippen LogP contribution in [0.15, 0.2) is 24.3 Å². The van der Waals surface area contributed by atoms with Crippen LogP contribution in [0.2, 0.25) is 0 Å². The molecule has 1 fully saturated rings. The van der Waals surface area contributed by atoms with E-state index in [0.29, 0.717) is 19.5 Å². The Balaban J connectivity index is 2.19. The van der Waals surface area contributed by atoms with Crippen LogP contribution >= 0.6 is 0 Å². The van der Waals surface area contributed by atoms with Crippen LogP contribution in [0.5, 0.6) is 0 Å². The lowest BCUT2D eigenvalue weighted by Gasteiger charge is -2.26. The van der Waals surface area contributed by atoms with Crippen LogP contribution in [0.4, 0.5) is 5.69 Å². The van der Waals surface area contributed by atoms with Gasteiger partial charge in [0.2, 0.25) is 11.8 Å². The molecule has 21 heavy (non-hydrogen) atoms. The Kier molecular flexibility index (Phi) is 4.66. The maximum Gasteiger partial charge on any atom is 0.232 e. The van der Waals surface area contributed by atoms with Crippen LogP contribution in [0.1, 0.15) is 32.8 Å². The highest BCUT2D eigenvalue weighted by atomic mass is 16.2. The normalized spacial score (nSPS) is 18.4. The van der Waals surface area contributed by atoms with E-state index in [-0.39, 0.29) is 23.8 Å². The number of amides is 2. The van der Waals surface area contributed by atoms with Crippen molar-refractivity contribution < 1.29 is 9.59 Å². The van der Waals surface area contributed by atoms with Gasteiger partial charge in [-0.2, -0.15) is 0 Å². The van der Waals surface area contributed by atoms with Gasteiger partial charge >= 0.3 is 0 Å².